The molecule has 0 atom stereocenters. The number of imide groups is 1. The predicted molar refractivity (Wildman–Crippen MR) is 71.1 cm³/mol. The number of pyridine rings is 1. The second-order valence-electron chi connectivity index (χ2n) is 3.80. The summed E-state index contributed by atoms with van der Waals surface area (Å²) in [6.45, 7) is -0.636. The number of thioether (sulfide) groups is 1. The van der Waals surface area contributed by atoms with Crippen LogP contribution in [0.15, 0.2) is 23.2 Å². The van der Waals surface area contributed by atoms with Crippen molar-refractivity contribution in [1.82, 2.24) is 9.88 Å². The average Bonchev–Trinajstić information content (AvgIpc) is 2.67. The highest BCUT2D eigenvalue weighted by Crippen LogP contribution is 2.31. The molecule has 1 aromatic rings. The molecule has 104 valence electrons. The Morgan fingerprint density at radius 3 is 2.80 bits per heavy atom. The summed E-state index contributed by atoms with van der Waals surface area (Å²) < 4.78 is 4.91. The third-order valence-electron chi connectivity index (χ3n) is 2.43. The van der Waals surface area contributed by atoms with Crippen LogP contribution in [0, 0.1) is 0 Å². The quantitative estimate of drug-likeness (QED) is 0.833. The Morgan fingerprint density at radius 1 is 1.50 bits per heavy atom. The lowest BCUT2D eigenvalue weighted by atomic mass is 10.2. The van der Waals surface area contributed by atoms with E-state index in [0.29, 0.717) is 28.1 Å². The largest absolute Gasteiger partial charge is 0.481 e. The predicted octanol–water partition coefficient (Wildman–Crippen LogP) is 1.21. The number of hydrogen-bond acceptors (Lipinski definition) is 6. The van der Waals surface area contributed by atoms with Crippen molar-refractivity contribution < 1.29 is 24.2 Å². The summed E-state index contributed by atoms with van der Waals surface area (Å²) in [5, 5.41) is 8.05. The van der Waals surface area contributed by atoms with Gasteiger partial charge in [-0.3, -0.25) is 19.3 Å². The Labute approximate surface area is 118 Å². The number of carbonyl (C=O) groups excluding carboxylic acids is 2. The van der Waals surface area contributed by atoms with E-state index in [4.69, 9.17) is 9.84 Å². The van der Waals surface area contributed by atoms with Crippen molar-refractivity contribution in [2.75, 3.05) is 13.7 Å². The second-order valence-corrected chi connectivity index (χ2v) is 4.79. The molecule has 2 heterocycles. The Bertz CT molecular complexity index is 596. The number of rotatable bonds is 4. The summed E-state index contributed by atoms with van der Waals surface area (Å²) in [6.07, 6.45) is 2.98. The Balaban J connectivity index is 2.20. The van der Waals surface area contributed by atoms with Gasteiger partial charge in [-0.05, 0) is 29.5 Å². The number of aliphatic carboxylic acids is 1. The molecule has 2 amide bonds. The molecule has 0 bridgehead atoms. The summed E-state index contributed by atoms with van der Waals surface area (Å²) in [4.78, 5) is 38.8. The van der Waals surface area contributed by atoms with Crippen LogP contribution in [0.25, 0.3) is 6.08 Å². The lowest BCUT2D eigenvalue weighted by Gasteiger charge is -2.07. The minimum atomic E-state index is -1.24. The maximum atomic E-state index is 11.9. The Morgan fingerprint density at radius 2 is 2.25 bits per heavy atom. The van der Waals surface area contributed by atoms with E-state index in [2.05, 4.69) is 4.98 Å². The van der Waals surface area contributed by atoms with Crippen LogP contribution < -0.4 is 4.74 Å². The van der Waals surface area contributed by atoms with Crippen molar-refractivity contribution in [3.8, 4) is 5.88 Å². The molecule has 1 aliphatic heterocycles. The van der Waals surface area contributed by atoms with E-state index >= 15 is 0 Å². The van der Waals surface area contributed by atoms with Crippen molar-refractivity contribution in [3.05, 3.63) is 28.8 Å². The van der Waals surface area contributed by atoms with Crippen molar-refractivity contribution in [3.63, 3.8) is 0 Å². The Hall–Kier alpha value is -2.35. The van der Waals surface area contributed by atoms with Gasteiger partial charge in [0.1, 0.15) is 6.54 Å². The lowest BCUT2D eigenvalue weighted by molar-refractivity contribution is -0.140. The molecule has 0 saturated carbocycles. The first-order valence-electron chi connectivity index (χ1n) is 5.48. The van der Waals surface area contributed by atoms with Gasteiger partial charge in [0.2, 0.25) is 5.88 Å². The molecule has 20 heavy (non-hydrogen) atoms. The fourth-order valence-electron chi connectivity index (χ4n) is 1.52. The van der Waals surface area contributed by atoms with Crippen LogP contribution in [0.5, 0.6) is 5.88 Å². The monoisotopic (exact) mass is 294 g/mol. The first-order chi connectivity index (χ1) is 9.51. The maximum absolute atomic E-state index is 11.9. The molecule has 0 aromatic carbocycles. The van der Waals surface area contributed by atoms with Crippen molar-refractivity contribution in [2.24, 2.45) is 0 Å². The van der Waals surface area contributed by atoms with E-state index in [9.17, 15) is 14.4 Å². The van der Waals surface area contributed by atoms with Crippen molar-refractivity contribution in [2.45, 2.75) is 0 Å². The van der Waals surface area contributed by atoms with E-state index in [1.165, 1.54) is 19.4 Å². The van der Waals surface area contributed by atoms with E-state index in [1.54, 1.807) is 12.1 Å². The van der Waals surface area contributed by atoms with Crippen LogP contribution in [0.4, 0.5) is 4.79 Å². The lowest BCUT2D eigenvalue weighted by Crippen LogP contribution is -2.33. The topological polar surface area (TPSA) is 96.8 Å². The van der Waals surface area contributed by atoms with Gasteiger partial charge in [-0.1, -0.05) is 0 Å². The van der Waals surface area contributed by atoms with E-state index in [-0.39, 0.29) is 4.91 Å². The molecule has 0 radical (unpaired) electrons. The number of carbonyl (C=O) groups is 3. The highest BCUT2D eigenvalue weighted by molar-refractivity contribution is 8.18. The fourth-order valence-corrected chi connectivity index (χ4v) is 2.36. The van der Waals surface area contributed by atoms with Gasteiger partial charge in [0.05, 0.1) is 12.0 Å². The van der Waals surface area contributed by atoms with Gasteiger partial charge in [-0.2, -0.15) is 0 Å². The molecule has 7 nitrogen and oxygen atoms in total. The molecule has 1 N–H and O–H groups in total. The summed E-state index contributed by atoms with van der Waals surface area (Å²) in [5.41, 5.74) is 0.617. The van der Waals surface area contributed by atoms with Crippen LogP contribution >= 0.6 is 11.8 Å². The van der Waals surface area contributed by atoms with E-state index < -0.39 is 23.7 Å². The zero-order valence-corrected chi connectivity index (χ0v) is 11.2. The molecule has 1 aromatic heterocycles. The minimum Gasteiger partial charge on any atom is -0.481 e. The minimum absolute atomic E-state index is 0.170. The normalized spacial score (nSPS) is 16.9. The zero-order chi connectivity index (χ0) is 14.7. The second kappa shape index (κ2) is 5.74. The van der Waals surface area contributed by atoms with Crippen LogP contribution in [0.1, 0.15) is 5.56 Å². The zero-order valence-electron chi connectivity index (χ0n) is 10.4. The van der Waals surface area contributed by atoms with Gasteiger partial charge in [-0.15, -0.1) is 0 Å². The molecule has 0 aliphatic carbocycles. The number of aromatic nitrogens is 1. The van der Waals surface area contributed by atoms with Gasteiger partial charge in [0, 0.05) is 12.3 Å². The van der Waals surface area contributed by atoms with Crippen LogP contribution in [-0.2, 0) is 9.59 Å². The molecule has 0 unspecified atom stereocenters. The number of carboxylic acids is 1. The third kappa shape index (κ3) is 2.97. The Kier molecular flexibility index (Phi) is 4.04. The average molecular weight is 294 g/mol. The molecular weight excluding hydrogens is 284 g/mol. The van der Waals surface area contributed by atoms with Crippen molar-refractivity contribution >= 4 is 35.0 Å². The van der Waals surface area contributed by atoms with Gasteiger partial charge in [0.15, 0.2) is 0 Å². The van der Waals surface area contributed by atoms with Crippen LogP contribution in [-0.4, -0.2) is 45.8 Å². The number of amides is 2. The summed E-state index contributed by atoms with van der Waals surface area (Å²) in [7, 11) is 1.49. The van der Waals surface area contributed by atoms with E-state index in [1.807, 2.05) is 0 Å². The molecule has 1 aliphatic rings. The number of nitrogens with zero attached hydrogens (tertiary/aromatic N) is 2. The summed E-state index contributed by atoms with van der Waals surface area (Å²) in [6, 6.07) is 3.30. The highest BCUT2D eigenvalue weighted by Gasteiger charge is 2.36. The summed E-state index contributed by atoms with van der Waals surface area (Å²) >= 11 is 0.705. The number of ether oxygens (including phenoxy) is 1. The van der Waals surface area contributed by atoms with Crippen LogP contribution in [0.3, 0.4) is 0 Å². The molecule has 1 fully saturated rings. The highest BCUT2D eigenvalue weighted by atomic mass is 32.2. The van der Waals surface area contributed by atoms with Gasteiger partial charge in [-0.25, -0.2) is 4.98 Å². The van der Waals surface area contributed by atoms with Crippen LogP contribution in [0.2, 0.25) is 0 Å². The fraction of sp³-hybridized carbons (Fsp3) is 0.167. The standard InChI is InChI=1S/C12H10N2O5S/c1-19-9-3-2-7(5-13-9)4-8-11(17)14(6-10(15)16)12(18)20-8/h2-5H,6H2,1H3,(H,15,16). The smallest absolute Gasteiger partial charge is 0.323 e. The molecule has 8 heteroatoms. The number of methoxy groups -OCH3 is 1. The van der Waals surface area contributed by atoms with E-state index in [0.717, 1.165) is 0 Å². The molecule has 2 rings (SSSR count). The number of carboxylic acid groups (broad SMARTS) is 1. The third-order valence-corrected chi connectivity index (χ3v) is 3.34. The van der Waals surface area contributed by atoms with Gasteiger partial charge in [0.25, 0.3) is 11.1 Å². The van der Waals surface area contributed by atoms with Gasteiger partial charge >= 0.3 is 5.97 Å². The SMILES string of the molecule is COc1ccc(C=C2SC(=O)N(CC(=O)O)C2=O)cn1. The molecule has 0 spiro atoms. The van der Waals surface area contributed by atoms with Crippen molar-refractivity contribution in [1.29, 1.82) is 0 Å². The van der Waals surface area contributed by atoms with Gasteiger partial charge < -0.3 is 9.84 Å². The first-order valence-corrected chi connectivity index (χ1v) is 6.30. The first kappa shape index (κ1) is 14.1. The molecule has 1 saturated heterocycles. The molecular formula is C12H10N2O5S. The maximum Gasteiger partial charge on any atom is 0.323 e. The summed E-state index contributed by atoms with van der Waals surface area (Å²) in [5.74, 6) is -1.42. The number of hydrogen-bond donors (Lipinski definition) is 1.